The molecular weight excluding hydrogens is 308 g/mol. The molecule has 0 aliphatic rings. The van der Waals surface area contributed by atoms with Gasteiger partial charge >= 0.3 is 0 Å². The Morgan fingerprint density at radius 2 is 1.56 bits per heavy atom. The van der Waals surface area contributed by atoms with Gasteiger partial charge < -0.3 is 9.47 Å². The lowest BCUT2D eigenvalue weighted by molar-refractivity contribution is 0.132. The molecule has 0 heterocycles. The van der Waals surface area contributed by atoms with Gasteiger partial charge in [-0.1, -0.05) is 74.9 Å². The molecule has 0 bridgehead atoms. The molecule has 2 heteroatoms. The topological polar surface area (TPSA) is 18.5 Å². The fourth-order valence-corrected chi connectivity index (χ4v) is 2.89. The quantitative estimate of drug-likeness (QED) is 0.400. The first-order valence-electron chi connectivity index (χ1n) is 9.69. The monoisotopic (exact) mass is 340 g/mol. The Kier molecular flexibility index (Phi) is 9.14. The van der Waals surface area contributed by atoms with Gasteiger partial charge in [-0.2, -0.15) is 0 Å². The molecule has 25 heavy (non-hydrogen) atoms. The number of hydrogen-bond acceptors (Lipinski definition) is 2. The molecule has 0 N–H and O–H groups in total. The van der Waals surface area contributed by atoms with Crippen molar-refractivity contribution in [1.29, 1.82) is 0 Å². The van der Waals surface area contributed by atoms with Crippen LogP contribution in [0.15, 0.2) is 48.5 Å². The molecular formula is C23H32O2. The van der Waals surface area contributed by atoms with Crippen molar-refractivity contribution in [2.75, 3.05) is 13.2 Å². The van der Waals surface area contributed by atoms with Gasteiger partial charge in [-0.05, 0) is 43.5 Å². The summed E-state index contributed by atoms with van der Waals surface area (Å²) in [6, 6.07) is 16.3. The van der Waals surface area contributed by atoms with Crippen molar-refractivity contribution in [3.05, 3.63) is 59.7 Å². The van der Waals surface area contributed by atoms with E-state index >= 15 is 0 Å². The molecule has 2 nitrogen and oxygen atoms in total. The predicted octanol–water partition coefficient (Wildman–Crippen LogP) is 6.71. The largest absolute Gasteiger partial charge is 0.457 e. The molecule has 0 saturated carbocycles. The van der Waals surface area contributed by atoms with Crippen LogP contribution in [0.4, 0.5) is 0 Å². The van der Waals surface area contributed by atoms with E-state index in [1.54, 1.807) is 0 Å². The maximum atomic E-state index is 6.04. The second-order valence-corrected chi connectivity index (χ2v) is 6.66. The molecule has 136 valence electrons. The van der Waals surface area contributed by atoms with Crippen LogP contribution in [0.25, 0.3) is 0 Å². The van der Waals surface area contributed by atoms with Crippen LogP contribution in [0.2, 0.25) is 0 Å². The lowest BCUT2D eigenvalue weighted by atomic mass is 10.1. The van der Waals surface area contributed by atoms with E-state index in [2.05, 4.69) is 32.0 Å². The van der Waals surface area contributed by atoms with Gasteiger partial charge in [0.15, 0.2) is 0 Å². The summed E-state index contributed by atoms with van der Waals surface area (Å²) in [7, 11) is 0. The zero-order valence-electron chi connectivity index (χ0n) is 15.8. The molecule has 0 amide bonds. The number of para-hydroxylation sites is 1. The highest BCUT2D eigenvalue weighted by Gasteiger charge is 2.06. The number of aryl methyl sites for hydroxylation is 1. The van der Waals surface area contributed by atoms with E-state index < -0.39 is 0 Å². The molecule has 0 aromatic heterocycles. The van der Waals surface area contributed by atoms with Gasteiger partial charge in [0, 0.05) is 6.61 Å². The molecule has 2 aromatic carbocycles. The van der Waals surface area contributed by atoms with Crippen LogP contribution >= 0.6 is 0 Å². The minimum Gasteiger partial charge on any atom is -0.457 e. The van der Waals surface area contributed by atoms with E-state index in [0.717, 1.165) is 31.1 Å². The molecule has 0 unspecified atom stereocenters. The Morgan fingerprint density at radius 1 is 0.800 bits per heavy atom. The van der Waals surface area contributed by atoms with E-state index in [9.17, 15) is 0 Å². The third kappa shape index (κ3) is 7.74. The zero-order valence-corrected chi connectivity index (χ0v) is 15.8. The molecule has 0 aliphatic heterocycles. The van der Waals surface area contributed by atoms with Crippen molar-refractivity contribution in [3.8, 4) is 11.5 Å². The highest BCUT2D eigenvalue weighted by atomic mass is 16.5. The highest BCUT2D eigenvalue weighted by Crippen LogP contribution is 2.26. The summed E-state index contributed by atoms with van der Waals surface area (Å²) in [5.74, 6) is 1.81. The molecule has 0 aliphatic carbocycles. The number of benzene rings is 2. The first-order chi connectivity index (χ1) is 12.3. The van der Waals surface area contributed by atoms with Crippen molar-refractivity contribution in [1.82, 2.24) is 0 Å². The van der Waals surface area contributed by atoms with Crippen molar-refractivity contribution in [3.63, 3.8) is 0 Å². The summed E-state index contributed by atoms with van der Waals surface area (Å²) >= 11 is 0. The number of hydrogen-bond donors (Lipinski definition) is 0. The van der Waals surface area contributed by atoms with E-state index in [0.29, 0.717) is 0 Å². The smallest absolute Gasteiger partial charge is 0.130 e. The standard InChI is InChI=1S/C23H32O2/c1-3-4-5-6-7-11-17-24-18-16-21-19-20(2)14-15-23(21)25-22-12-9-8-10-13-22/h8-10,12-15,19H,3-7,11,16-18H2,1-2H3. The molecule has 0 fully saturated rings. The van der Waals surface area contributed by atoms with Crippen LogP contribution in [0.3, 0.4) is 0 Å². The second kappa shape index (κ2) is 11.7. The van der Waals surface area contributed by atoms with Gasteiger partial charge in [0.05, 0.1) is 6.61 Å². The van der Waals surface area contributed by atoms with Crippen molar-refractivity contribution >= 4 is 0 Å². The van der Waals surface area contributed by atoms with Gasteiger partial charge in [0.25, 0.3) is 0 Å². The summed E-state index contributed by atoms with van der Waals surface area (Å²) in [6.45, 7) is 5.99. The van der Waals surface area contributed by atoms with Crippen molar-refractivity contribution in [2.45, 2.75) is 58.8 Å². The van der Waals surface area contributed by atoms with Gasteiger partial charge in [-0.3, -0.25) is 0 Å². The third-order valence-electron chi connectivity index (χ3n) is 4.34. The maximum Gasteiger partial charge on any atom is 0.130 e. The summed E-state index contributed by atoms with van der Waals surface area (Å²) in [5.41, 5.74) is 2.47. The van der Waals surface area contributed by atoms with E-state index in [-0.39, 0.29) is 0 Å². The zero-order chi connectivity index (χ0) is 17.7. The van der Waals surface area contributed by atoms with Crippen LogP contribution < -0.4 is 4.74 Å². The minimum atomic E-state index is 0.754. The van der Waals surface area contributed by atoms with E-state index in [1.807, 2.05) is 30.3 Å². The number of unbranched alkanes of at least 4 members (excludes halogenated alkanes) is 5. The van der Waals surface area contributed by atoms with Crippen molar-refractivity contribution < 1.29 is 9.47 Å². The molecule has 0 radical (unpaired) electrons. The Balaban J connectivity index is 1.74. The molecule has 2 rings (SSSR count). The Hall–Kier alpha value is -1.80. The summed E-state index contributed by atoms with van der Waals surface area (Å²) in [4.78, 5) is 0. The van der Waals surface area contributed by atoms with Gasteiger partial charge in [0.1, 0.15) is 11.5 Å². The predicted molar refractivity (Wildman–Crippen MR) is 106 cm³/mol. The molecule has 0 atom stereocenters. The minimum absolute atomic E-state index is 0.754. The third-order valence-corrected chi connectivity index (χ3v) is 4.34. The lowest BCUT2D eigenvalue weighted by Crippen LogP contribution is -2.02. The van der Waals surface area contributed by atoms with Crippen LogP contribution in [0, 0.1) is 6.92 Å². The average molecular weight is 341 g/mol. The first kappa shape index (κ1) is 19.5. The summed E-state index contributed by atoms with van der Waals surface area (Å²) < 4.78 is 11.9. The summed E-state index contributed by atoms with van der Waals surface area (Å²) in [5, 5.41) is 0. The molecule has 0 spiro atoms. The maximum absolute atomic E-state index is 6.04. The Morgan fingerprint density at radius 3 is 2.36 bits per heavy atom. The van der Waals surface area contributed by atoms with Gasteiger partial charge in [-0.25, -0.2) is 0 Å². The lowest BCUT2D eigenvalue weighted by Gasteiger charge is -2.12. The van der Waals surface area contributed by atoms with Crippen LogP contribution in [0.5, 0.6) is 11.5 Å². The number of rotatable bonds is 12. The fraction of sp³-hybridized carbons (Fsp3) is 0.478. The van der Waals surface area contributed by atoms with Gasteiger partial charge in [-0.15, -0.1) is 0 Å². The SMILES string of the molecule is CCCCCCCCOCCc1cc(C)ccc1Oc1ccccc1. The van der Waals surface area contributed by atoms with E-state index in [1.165, 1.54) is 49.7 Å². The number of ether oxygens (including phenoxy) is 2. The molecule has 0 saturated heterocycles. The molecule has 2 aromatic rings. The Bertz CT molecular complexity index is 592. The van der Waals surface area contributed by atoms with Crippen LogP contribution in [0.1, 0.15) is 56.6 Å². The average Bonchev–Trinajstić information content (AvgIpc) is 2.63. The second-order valence-electron chi connectivity index (χ2n) is 6.66. The normalized spacial score (nSPS) is 10.8. The summed E-state index contributed by atoms with van der Waals surface area (Å²) in [6.07, 6.45) is 8.71. The highest BCUT2D eigenvalue weighted by molar-refractivity contribution is 5.40. The van der Waals surface area contributed by atoms with Crippen LogP contribution in [-0.4, -0.2) is 13.2 Å². The van der Waals surface area contributed by atoms with Crippen molar-refractivity contribution in [2.24, 2.45) is 0 Å². The Labute approximate surface area is 153 Å². The van der Waals surface area contributed by atoms with Gasteiger partial charge in [0.2, 0.25) is 0 Å². The van der Waals surface area contributed by atoms with Crippen LogP contribution in [-0.2, 0) is 11.2 Å². The first-order valence-corrected chi connectivity index (χ1v) is 9.69. The fourth-order valence-electron chi connectivity index (χ4n) is 2.89. The van der Waals surface area contributed by atoms with E-state index in [4.69, 9.17) is 9.47 Å².